The maximum Gasteiger partial charge on any atom is 0.224 e. The van der Waals surface area contributed by atoms with E-state index in [1.54, 1.807) is 0 Å². The average Bonchev–Trinajstić information content (AvgIpc) is 3.00. The Kier molecular flexibility index (Phi) is 3.31. The van der Waals surface area contributed by atoms with Gasteiger partial charge in [-0.05, 0) is 43.9 Å². The number of hydrogen-bond acceptors (Lipinski definition) is 2. The summed E-state index contributed by atoms with van der Waals surface area (Å²) < 4.78 is 0. The van der Waals surface area contributed by atoms with E-state index in [0.29, 0.717) is 0 Å². The first kappa shape index (κ1) is 12.7. The molecule has 102 valence electrons. The van der Waals surface area contributed by atoms with Gasteiger partial charge in [0.05, 0.1) is 5.92 Å². The lowest BCUT2D eigenvalue weighted by Crippen LogP contribution is -2.37. The summed E-state index contributed by atoms with van der Waals surface area (Å²) in [4.78, 5) is 12.1. The minimum atomic E-state index is 0.174. The molecule has 1 saturated carbocycles. The Morgan fingerprint density at radius 3 is 2.84 bits per heavy atom. The Labute approximate surface area is 114 Å². The third-order valence-electron chi connectivity index (χ3n) is 4.60. The number of benzene rings is 1. The van der Waals surface area contributed by atoms with Gasteiger partial charge < -0.3 is 10.6 Å². The number of carbonyl (C=O) groups is 1. The second kappa shape index (κ2) is 4.97. The number of rotatable bonds is 4. The third-order valence-corrected chi connectivity index (χ3v) is 4.60. The average molecular weight is 258 g/mol. The van der Waals surface area contributed by atoms with E-state index in [-0.39, 0.29) is 17.2 Å². The maximum atomic E-state index is 12.1. The largest absolute Gasteiger partial charge is 0.355 e. The van der Waals surface area contributed by atoms with Crippen LogP contribution in [0.25, 0.3) is 0 Å². The monoisotopic (exact) mass is 258 g/mol. The minimum absolute atomic E-state index is 0.174. The lowest BCUT2D eigenvalue weighted by atomic mass is 9.91. The van der Waals surface area contributed by atoms with Crippen molar-refractivity contribution >= 4 is 5.91 Å². The second-order valence-electron chi connectivity index (χ2n) is 6.00. The van der Waals surface area contributed by atoms with Crippen LogP contribution in [0.15, 0.2) is 24.3 Å². The number of amides is 1. The van der Waals surface area contributed by atoms with E-state index in [1.807, 2.05) is 0 Å². The van der Waals surface area contributed by atoms with Crippen LogP contribution in [-0.4, -0.2) is 25.5 Å². The number of carbonyl (C=O) groups excluding carboxylic acids is 1. The zero-order chi connectivity index (χ0) is 13.3. The molecule has 0 bridgehead atoms. The summed E-state index contributed by atoms with van der Waals surface area (Å²) in [7, 11) is 0. The first-order valence-electron chi connectivity index (χ1n) is 7.26. The molecule has 2 aliphatic rings. The molecule has 2 fully saturated rings. The molecule has 1 amide bonds. The Balaban J connectivity index is 1.63. The topological polar surface area (TPSA) is 41.1 Å². The van der Waals surface area contributed by atoms with Crippen LogP contribution in [0.1, 0.15) is 30.4 Å². The highest BCUT2D eigenvalue weighted by molar-refractivity contribution is 5.79. The van der Waals surface area contributed by atoms with Crippen LogP contribution in [0.5, 0.6) is 0 Å². The molecule has 1 saturated heterocycles. The summed E-state index contributed by atoms with van der Waals surface area (Å²) in [5, 5.41) is 6.42. The molecular weight excluding hydrogens is 236 g/mol. The SMILES string of the molecule is Cc1ccccc1C1(CNC(=O)C2CCNC2)CC1. The van der Waals surface area contributed by atoms with E-state index < -0.39 is 0 Å². The lowest BCUT2D eigenvalue weighted by Gasteiger charge is -2.20. The summed E-state index contributed by atoms with van der Waals surface area (Å²) in [6, 6.07) is 8.56. The zero-order valence-corrected chi connectivity index (χ0v) is 11.5. The van der Waals surface area contributed by atoms with Gasteiger partial charge in [0.1, 0.15) is 0 Å². The van der Waals surface area contributed by atoms with E-state index >= 15 is 0 Å². The van der Waals surface area contributed by atoms with Gasteiger partial charge in [0.2, 0.25) is 5.91 Å². The first-order chi connectivity index (χ1) is 9.21. The van der Waals surface area contributed by atoms with Crippen LogP contribution < -0.4 is 10.6 Å². The molecule has 0 spiro atoms. The van der Waals surface area contributed by atoms with Crippen molar-refractivity contribution in [1.29, 1.82) is 0 Å². The van der Waals surface area contributed by atoms with Crippen LogP contribution in [0.3, 0.4) is 0 Å². The number of nitrogens with one attached hydrogen (secondary N) is 2. The predicted molar refractivity (Wildman–Crippen MR) is 76.1 cm³/mol. The van der Waals surface area contributed by atoms with Crippen LogP contribution >= 0.6 is 0 Å². The minimum Gasteiger partial charge on any atom is -0.355 e. The Morgan fingerprint density at radius 1 is 1.42 bits per heavy atom. The summed E-state index contributed by atoms with van der Waals surface area (Å²) >= 11 is 0. The van der Waals surface area contributed by atoms with Gasteiger partial charge in [-0.3, -0.25) is 4.79 Å². The highest BCUT2D eigenvalue weighted by atomic mass is 16.1. The van der Waals surface area contributed by atoms with Crippen molar-refractivity contribution in [3.05, 3.63) is 35.4 Å². The van der Waals surface area contributed by atoms with Crippen LogP contribution in [0.4, 0.5) is 0 Å². The highest BCUT2D eigenvalue weighted by Crippen LogP contribution is 2.48. The van der Waals surface area contributed by atoms with Crippen molar-refractivity contribution in [3.63, 3.8) is 0 Å². The van der Waals surface area contributed by atoms with E-state index in [2.05, 4.69) is 41.8 Å². The molecule has 1 aliphatic carbocycles. The van der Waals surface area contributed by atoms with Gasteiger partial charge in [-0.15, -0.1) is 0 Å². The molecule has 1 unspecified atom stereocenters. The van der Waals surface area contributed by atoms with E-state index in [4.69, 9.17) is 0 Å². The fourth-order valence-electron chi connectivity index (χ4n) is 3.14. The molecule has 1 aromatic carbocycles. The zero-order valence-electron chi connectivity index (χ0n) is 11.5. The van der Waals surface area contributed by atoms with Gasteiger partial charge in [0, 0.05) is 18.5 Å². The highest BCUT2D eigenvalue weighted by Gasteiger charge is 2.45. The fourth-order valence-corrected chi connectivity index (χ4v) is 3.14. The smallest absolute Gasteiger partial charge is 0.224 e. The van der Waals surface area contributed by atoms with Crippen molar-refractivity contribution < 1.29 is 4.79 Å². The van der Waals surface area contributed by atoms with E-state index in [0.717, 1.165) is 26.1 Å². The molecule has 1 heterocycles. The van der Waals surface area contributed by atoms with E-state index in [9.17, 15) is 4.79 Å². The quantitative estimate of drug-likeness (QED) is 0.864. The van der Waals surface area contributed by atoms with Crippen molar-refractivity contribution in [2.24, 2.45) is 5.92 Å². The maximum absolute atomic E-state index is 12.1. The molecule has 3 rings (SSSR count). The second-order valence-corrected chi connectivity index (χ2v) is 6.00. The summed E-state index contributed by atoms with van der Waals surface area (Å²) in [5.41, 5.74) is 2.98. The molecule has 1 aromatic rings. The van der Waals surface area contributed by atoms with Crippen LogP contribution in [0, 0.1) is 12.8 Å². The van der Waals surface area contributed by atoms with Gasteiger partial charge in [0.15, 0.2) is 0 Å². The number of hydrogen-bond donors (Lipinski definition) is 2. The molecule has 19 heavy (non-hydrogen) atoms. The molecule has 3 nitrogen and oxygen atoms in total. The summed E-state index contributed by atoms with van der Waals surface area (Å²) in [6.45, 7) is 4.77. The predicted octanol–water partition coefficient (Wildman–Crippen LogP) is 1.75. The summed E-state index contributed by atoms with van der Waals surface area (Å²) in [6.07, 6.45) is 3.37. The molecule has 0 aromatic heterocycles. The van der Waals surface area contributed by atoms with Crippen LogP contribution in [0.2, 0.25) is 0 Å². The standard InChI is InChI=1S/C16H22N2O/c1-12-4-2-3-5-14(12)16(7-8-16)11-18-15(19)13-6-9-17-10-13/h2-5,13,17H,6-11H2,1H3,(H,18,19). The van der Waals surface area contributed by atoms with Gasteiger partial charge in [-0.25, -0.2) is 0 Å². The molecule has 1 atom stereocenters. The van der Waals surface area contributed by atoms with Gasteiger partial charge >= 0.3 is 0 Å². The van der Waals surface area contributed by atoms with Crippen LogP contribution in [-0.2, 0) is 10.2 Å². The fraction of sp³-hybridized carbons (Fsp3) is 0.562. The van der Waals surface area contributed by atoms with Crippen molar-refractivity contribution in [3.8, 4) is 0 Å². The normalized spacial score (nSPS) is 24.2. The molecule has 1 aliphatic heterocycles. The Bertz CT molecular complexity index is 473. The lowest BCUT2D eigenvalue weighted by molar-refractivity contribution is -0.124. The Morgan fingerprint density at radius 2 is 2.21 bits per heavy atom. The molecular formula is C16H22N2O. The van der Waals surface area contributed by atoms with Gasteiger partial charge in [0.25, 0.3) is 0 Å². The van der Waals surface area contributed by atoms with E-state index in [1.165, 1.54) is 24.0 Å². The summed E-state index contributed by atoms with van der Waals surface area (Å²) in [5.74, 6) is 0.400. The molecule has 3 heteroatoms. The third kappa shape index (κ3) is 2.52. The first-order valence-corrected chi connectivity index (χ1v) is 7.26. The van der Waals surface area contributed by atoms with Crippen molar-refractivity contribution in [1.82, 2.24) is 10.6 Å². The molecule has 2 N–H and O–H groups in total. The molecule has 0 radical (unpaired) electrons. The van der Waals surface area contributed by atoms with Gasteiger partial charge in [-0.2, -0.15) is 0 Å². The number of aryl methyl sites for hydroxylation is 1. The van der Waals surface area contributed by atoms with Crippen molar-refractivity contribution in [2.75, 3.05) is 19.6 Å². The Hall–Kier alpha value is -1.35. The van der Waals surface area contributed by atoms with Crippen molar-refractivity contribution in [2.45, 2.75) is 31.6 Å². The van der Waals surface area contributed by atoms with Gasteiger partial charge in [-0.1, -0.05) is 24.3 Å².